The van der Waals surface area contributed by atoms with E-state index in [-0.39, 0.29) is 17.1 Å². The molecule has 2 atom stereocenters. The molecule has 4 aromatic rings. The van der Waals surface area contributed by atoms with E-state index in [1.807, 2.05) is 32.9 Å². The van der Waals surface area contributed by atoms with E-state index in [0.717, 1.165) is 21.0 Å². The van der Waals surface area contributed by atoms with E-state index in [4.69, 9.17) is 4.74 Å². The molecule has 1 aliphatic heterocycles. The molecule has 35 heavy (non-hydrogen) atoms. The Kier molecular flexibility index (Phi) is 6.35. The number of fused-ring (bicyclic) bond motifs is 3. The van der Waals surface area contributed by atoms with Gasteiger partial charge in [0.2, 0.25) is 10.0 Å². The van der Waals surface area contributed by atoms with Crippen molar-refractivity contribution in [2.24, 2.45) is 4.99 Å². The molecule has 0 radical (unpaired) electrons. The zero-order valence-electron chi connectivity index (χ0n) is 19.8. The minimum absolute atomic E-state index is 0.160. The number of ether oxygens (including phenoxy) is 1. The van der Waals surface area contributed by atoms with Crippen LogP contribution < -0.4 is 4.80 Å². The zero-order valence-corrected chi connectivity index (χ0v) is 21.5. The van der Waals surface area contributed by atoms with Gasteiger partial charge in [0.1, 0.15) is 0 Å². The van der Waals surface area contributed by atoms with Crippen molar-refractivity contribution in [3.63, 3.8) is 0 Å². The molecular weight excluding hydrogens is 482 g/mol. The summed E-state index contributed by atoms with van der Waals surface area (Å²) in [4.78, 5) is 18.2. The van der Waals surface area contributed by atoms with E-state index in [1.54, 1.807) is 0 Å². The fourth-order valence-electron chi connectivity index (χ4n) is 4.62. The second-order valence-corrected chi connectivity index (χ2v) is 11.7. The quantitative estimate of drug-likeness (QED) is 0.408. The van der Waals surface area contributed by atoms with Crippen molar-refractivity contribution in [1.29, 1.82) is 0 Å². The molecule has 3 aromatic carbocycles. The SMILES string of the molecule is CCn1c(=NC(=O)c2ccc(S(=O)(=O)N3CC(C)OC(C)C3)cc2)sc2ccc3ccccc3c21. The molecule has 0 bridgehead atoms. The van der Waals surface area contributed by atoms with Gasteiger partial charge in [-0.05, 0) is 56.5 Å². The Morgan fingerprint density at radius 1 is 1.03 bits per heavy atom. The molecule has 0 N–H and O–H groups in total. The Balaban J connectivity index is 1.48. The maximum atomic E-state index is 13.1. The number of carbonyl (C=O) groups excluding carboxylic acids is 1. The van der Waals surface area contributed by atoms with Gasteiger partial charge < -0.3 is 9.30 Å². The van der Waals surface area contributed by atoms with Gasteiger partial charge in [0.05, 0.1) is 27.3 Å². The molecule has 0 aliphatic carbocycles. The molecule has 1 amide bonds. The maximum Gasteiger partial charge on any atom is 0.279 e. The van der Waals surface area contributed by atoms with Gasteiger partial charge >= 0.3 is 0 Å². The third kappa shape index (κ3) is 4.45. The highest BCUT2D eigenvalue weighted by molar-refractivity contribution is 7.89. The molecule has 0 spiro atoms. The predicted molar refractivity (Wildman–Crippen MR) is 138 cm³/mol. The third-order valence-electron chi connectivity index (χ3n) is 6.20. The van der Waals surface area contributed by atoms with Crippen molar-refractivity contribution in [3.8, 4) is 0 Å². The number of morpholine rings is 1. The van der Waals surface area contributed by atoms with Crippen molar-refractivity contribution in [3.05, 3.63) is 71.0 Å². The fraction of sp³-hybridized carbons (Fsp3) is 0.308. The van der Waals surface area contributed by atoms with Crippen LogP contribution in [0.15, 0.2) is 70.6 Å². The van der Waals surface area contributed by atoms with Crippen molar-refractivity contribution in [1.82, 2.24) is 8.87 Å². The summed E-state index contributed by atoms with van der Waals surface area (Å²) in [6.07, 6.45) is -0.339. The van der Waals surface area contributed by atoms with E-state index in [2.05, 4.69) is 33.8 Å². The highest BCUT2D eigenvalue weighted by Crippen LogP contribution is 2.27. The Bertz CT molecular complexity index is 1580. The summed E-state index contributed by atoms with van der Waals surface area (Å²) in [6.45, 7) is 7.04. The number of thiazole rings is 1. The number of benzene rings is 3. The Morgan fingerprint density at radius 3 is 2.40 bits per heavy atom. The Labute approximate surface area is 208 Å². The summed E-state index contributed by atoms with van der Waals surface area (Å²) in [5, 5.41) is 2.26. The van der Waals surface area contributed by atoms with Gasteiger partial charge in [-0.2, -0.15) is 9.30 Å². The van der Waals surface area contributed by atoms with Crippen LogP contribution in [0, 0.1) is 0 Å². The van der Waals surface area contributed by atoms with Gasteiger partial charge in [-0.15, -0.1) is 0 Å². The number of carbonyl (C=O) groups is 1. The van der Waals surface area contributed by atoms with Crippen LogP contribution in [-0.2, 0) is 21.3 Å². The number of sulfonamides is 1. The summed E-state index contributed by atoms with van der Waals surface area (Å²) in [5.41, 5.74) is 1.41. The highest BCUT2D eigenvalue weighted by atomic mass is 32.2. The van der Waals surface area contributed by atoms with Crippen molar-refractivity contribution in [2.45, 2.75) is 44.4 Å². The number of nitrogens with zero attached hydrogens (tertiary/aromatic N) is 3. The van der Waals surface area contributed by atoms with Crippen LogP contribution in [0.1, 0.15) is 31.1 Å². The van der Waals surface area contributed by atoms with Crippen LogP contribution in [0.2, 0.25) is 0 Å². The number of aryl methyl sites for hydroxylation is 1. The highest BCUT2D eigenvalue weighted by Gasteiger charge is 2.32. The average Bonchev–Trinajstić information content (AvgIpc) is 3.21. The predicted octanol–water partition coefficient (Wildman–Crippen LogP) is 4.41. The largest absolute Gasteiger partial charge is 0.373 e. The summed E-state index contributed by atoms with van der Waals surface area (Å²) in [5.74, 6) is -0.402. The standard InChI is InChI=1S/C26H27N3O4S2/c1-4-29-24-22-8-6-5-7-19(22)11-14-23(24)34-26(29)27-25(30)20-9-12-21(13-10-20)35(31,32)28-15-17(2)33-18(3)16-28/h5-14,17-18H,4,15-16H2,1-3H3. The van der Waals surface area contributed by atoms with Crippen molar-refractivity contribution < 1.29 is 17.9 Å². The molecule has 9 heteroatoms. The number of amides is 1. The minimum atomic E-state index is -3.67. The van der Waals surface area contributed by atoms with Crippen LogP contribution in [0.4, 0.5) is 0 Å². The molecule has 7 nitrogen and oxygen atoms in total. The van der Waals surface area contributed by atoms with Gasteiger partial charge in [-0.25, -0.2) is 8.42 Å². The second kappa shape index (κ2) is 9.31. The van der Waals surface area contributed by atoms with Crippen LogP contribution in [-0.4, -0.2) is 48.5 Å². The zero-order chi connectivity index (χ0) is 24.7. The van der Waals surface area contributed by atoms with E-state index in [1.165, 1.54) is 39.9 Å². The lowest BCUT2D eigenvalue weighted by Crippen LogP contribution is -2.48. The molecule has 1 fully saturated rings. The van der Waals surface area contributed by atoms with E-state index in [0.29, 0.717) is 30.0 Å². The summed E-state index contributed by atoms with van der Waals surface area (Å²) < 4.78 is 36.4. The minimum Gasteiger partial charge on any atom is -0.373 e. The fourth-order valence-corrected chi connectivity index (χ4v) is 7.32. The maximum absolute atomic E-state index is 13.1. The molecule has 2 unspecified atom stereocenters. The van der Waals surface area contributed by atoms with Crippen LogP contribution in [0.5, 0.6) is 0 Å². The number of hydrogen-bond acceptors (Lipinski definition) is 5. The van der Waals surface area contributed by atoms with Gasteiger partial charge in [0.15, 0.2) is 4.80 Å². The molecule has 182 valence electrons. The monoisotopic (exact) mass is 509 g/mol. The Hall–Kier alpha value is -2.85. The third-order valence-corrected chi connectivity index (χ3v) is 9.09. The summed E-state index contributed by atoms with van der Waals surface area (Å²) in [6, 6.07) is 18.3. The lowest BCUT2D eigenvalue weighted by atomic mass is 10.1. The first-order chi connectivity index (χ1) is 16.8. The van der Waals surface area contributed by atoms with Gasteiger partial charge in [0, 0.05) is 30.6 Å². The lowest BCUT2D eigenvalue weighted by Gasteiger charge is -2.34. The van der Waals surface area contributed by atoms with Gasteiger partial charge in [0.25, 0.3) is 5.91 Å². The number of aromatic nitrogens is 1. The first kappa shape index (κ1) is 23.9. The van der Waals surface area contributed by atoms with Crippen LogP contribution in [0.3, 0.4) is 0 Å². The summed E-state index contributed by atoms with van der Waals surface area (Å²) >= 11 is 1.47. The first-order valence-corrected chi connectivity index (χ1v) is 13.9. The normalized spacial score (nSPS) is 20.0. The van der Waals surface area contributed by atoms with Gasteiger partial charge in [-0.3, -0.25) is 4.79 Å². The van der Waals surface area contributed by atoms with E-state index < -0.39 is 15.9 Å². The molecule has 5 rings (SSSR count). The molecular formula is C26H27N3O4S2. The average molecular weight is 510 g/mol. The first-order valence-electron chi connectivity index (χ1n) is 11.6. The Morgan fingerprint density at radius 2 is 1.71 bits per heavy atom. The lowest BCUT2D eigenvalue weighted by molar-refractivity contribution is -0.0440. The molecule has 2 heterocycles. The summed E-state index contributed by atoms with van der Waals surface area (Å²) in [7, 11) is -3.67. The van der Waals surface area contributed by atoms with Crippen LogP contribution >= 0.6 is 11.3 Å². The van der Waals surface area contributed by atoms with Crippen LogP contribution in [0.25, 0.3) is 21.0 Å². The van der Waals surface area contributed by atoms with Crippen molar-refractivity contribution in [2.75, 3.05) is 13.1 Å². The molecule has 1 aliphatic rings. The van der Waals surface area contributed by atoms with Gasteiger partial charge in [-0.1, -0.05) is 41.7 Å². The molecule has 1 aromatic heterocycles. The van der Waals surface area contributed by atoms with E-state index in [9.17, 15) is 13.2 Å². The van der Waals surface area contributed by atoms with E-state index >= 15 is 0 Å². The second-order valence-electron chi connectivity index (χ2n) is 8.78. The topological polar surface area (TPSA) is 81.0 Å². The smallest absolute Gasteiger partial charge is 0.279 e. The number of hydrogen-bond donors (Lipinski definition) is 0. The molecule has 1 saturated heterocycles. The van der Waals surface area contributed by atoms with Crippen molar-refractivity contribution >= 4 is 48.3 Å². The molecule has 0 saturated carbocycles. The number of rotatable bonds is 4.